The van der Waals surface area contributed by atoms with Crippen LogP contribution in [-0.4, -0.2) is 50.0 Å². The summed E-state index contributed by atoms with van der Waals surface area (Å²) < 4.78 is 0. The van der Waals surface area contributed by atoms with Gasteiger partial charge in [-0.2, -0.15) is 0 Å². The largest absolute Gasteiger partial charge is 0.465 e. The van der Waals surface area contributed by atoms with Crippen LogP contribution in [0.15, 0.2) is 30.6 Å². The molecule has 1 saturated heterocycles. The molecular weight excluding hydrogens is 428 g/mol. The number of likely N-dealkylation sites (tertiary alicyclic amines) is 1. The average Bonchev–Trinajstić information content (AvgIpc) is 3.44. The van der Waals surface area contributed by atoms with Crippen LogP contribution in [0, 0.1) is 12.3 Å². The van der Waals surface area contributed by atoms with Gasteiger partial charge in [-0.05, 0) is 72.2 Å². The maximum atomic E-state index is 13.0. The van der Waals surface area contributed by atoms with Crippen LogP contribution in [0.5, 0.6) is 0 Å². The van der Waals surface area contributed by atoms with Crippen LogP contribution in [0.2, 0.25) is 0 Å². The van der Waals surface area contributed by atoms with Crippen molar-refractivity contribution in [1.82, 2.24) is 19.8 Å². The van der Waals surface area contributed by atoms with E-state index >= 15 is 0 Å². The number of benzene rings is 1. The number of amides is 2. The lowest BCUT2D eigenvalue weighted by Gasteiger charge is -2.36. The molecule has 0 bridgehead atoms. The second kappa shape index (κ2) is 8.15. The number of carboxylic acid groups (broad SMARTS) is 1. The predicted octanol–water partition coefficient (Wildman–Crippen LogP) is 5.28. The molecule has 2 aromatic heterocycles. The summed E-state index contributed by atoms with van der Waals surface area (Å²) in [7, 11) is 0. The lowest BCUT2D eigenvalue weighted by molar-refractivity contribution is -0.140. The zero-order chi connectivity index (χ0) is 24.2. The van der Waals surface area contributed by atoms with Crippen molar-refractivity contribution in [2.75, 3.05) is 13.1 Å². The highest BCUT2D eigenvalue weighted by atomic mass is 16.4. The SMILES string of the molecule is Cc1c[nH]c2ncc(-c3cc4c(c(C5CCCN5C(=O)O)c3)CCN(C(=O)C(C)(C)C)C4)cc12. The molecule has 4 heterocycles. The first-order valence-corrected chi connectivity index (χ1v) is 12.0. The molecular formula is C27H32N4O3. The van der Waals surface area contributed by atoms with Crippen molar-refractivity contribution in [3.8, 4) is 11.1 Å². The molecule has 1 unspecified atom stereocenters. The lowest BCUT2D eigenvalue weighted by Crippen LogP contribution is -2.42. The molecule has 7 heteroatoms. The normalized spacial score (nSPS) is 18.4. The van der Waals surface area contributed by atoms with Gasteiger partial charge in [-0.25, -0.2) is 9.78 Å². The highest BCUT2D eigenvalue weighted by Crippen LogP contribution is 2.40. The number of aryl methyl sites for hydroxylation is 1. The number of carbonyl (C=O) groups excluding carboxylic acids is 1. The Bertz CT molecular complexity index is 1290. The fourth-order valence-corrected chi connectivity index (χ4v) is 5.46. The van der Waals surface area contributed by atoms with E-state index in [1.54, 1.807) is 4.90 Å². The smallest absolute Gasteiger partial charge is 0.407 e. The number of hydrogen-bond donors (Lipinski definition) is 2. The van der Waals surface area contributed by atoms with E-state index in [4.69, 9.17) is 0 Å². The molecule has 34 heavy (non-hydrogen) atoms. The van der Waals surface area contributed by atoms with Gasteiger partial charge in [0.15, 0.2) is 0 Å². The van der Waals surface area contributed by atoms with E-state index in [0.29, 0.717) is 19.6 Å². The molecule has 7 nitrogen and oxygen atoms in total. The summed E-state index contributed by atoms with van der Waals surface area (Å²) in [6.45, 7) is 9.68. The maximum absolute atomic E-state index is 13.0. The fourth-order valence-electron chi connectivity index (χ4n) is 5.46. The molecule has 2 aliphatic rings. The molecule has 0 saturated carbocycles. The van der Waals surface area contributed by atoms with Crippen molar-refractivity contribution in [3.05, 3.63) is 52.8 Å². The van der Waals surface area contributed by atoms with Crippen molar-refractivity contribution < 1.29 is 14.7 Å². The van der Waals surface area contributed by atoms with Crippen molar-refractivity contribution in [1.29, 1.82) is 0 Å². The number of nitrogens with one attached hydrogen (secondary N) is 1. The second-order valence-electron chi connectivity index (χ2n) is 10.7. The van der Waals surface area contributed by atoms with Gasteiger partial charge in [-0.15, -0.1) is 0 Å². The summed E-state index contributed by atoms with van der Waals surface area (Å²) >= 11 is 0. The molecule has 1 fully saturated rings. The van der Waals surface area contributed by atoms with Gasteiger partial charge >= 0.3 is 6.09 Å². The van der Waals surface area contributed by atoms with Gasteiger partial charge in [0.25, 0.3) is 0 Å². The number of carbonyl (C=O) groups is 2. The summed E-state index contributed by atoms with van der Waals surface area (Å²) in [6.07, 6.45) is 5.38. The Morgan fingerprint density at radius 3 is 2.68 bits per heavy atom. The molecule has 3 aromatic rings. The van der Waals surface area contributed by atoms with E-state index in [2.05, 4.69) is 35.1 Å². The van der Waals surface area contributed by atoms with Gasteiger partial charge in [-0.1, -0.05) is 20.8 Å². The highest BCUT2D eigenvalue weighted by molar-refractivity contribution is 5.85. The lowest BCUT2D eigenvalue weighted by atomic mass is 9.85. The van der Waals surface area contributed by atoms with Crippen LogP contribution < -0.4 is 0 Å². The van der Waals surface area contributed by atoms with Gasteiger partial charge in [-0.3, -0.25) is 4.79 Å². The minimum Gasteiger partial charge on any atom is -0.465 e. The molecule has 5 rings (SSSR count). The van der Waals surface area contributed by atoms with Gasteiger partial charge in [0, 0.05) is 48.4 Å². The van der Waals surface area contributed by atoms with E-state index in [0.717, 1.165) is 58.1 Å². The minimum atomic E-state index is -0.868. The zero-order valence-electron chi connectivity index (χ0n) is 20.3. The average molecular weight is 461 g/mol. The number of fused-ring (bicyclic) bond motifs is 2. The molecule has 1 aromatic carbocycles. The number of hydrogen-bond acceptors (Lipinski definition) is 3. The molecule has 2 amide bonds. The third-order valence-corrected chi connectivity index (χ3v) is 7.23. The standard InChI is InChI=1S/C27H32N4O3/c1-16-13-28-24-21(16)12-18(14-29-24)17-10-19-15-30(25(32)27(2,3)4)9-7-20(19)22(11-17)23-6-5-8-31(23)26(33)34/h10-14,23H,5-9,15H2,1-4H3,(H,28,29)(H,33,34). The number of aromatic amines is 1. The Morgan fingerprint density at radius 2 is 1.94 bits per heavy atom. The molecule has 0 aliphatic carbocycles. The Balaban J connectivity index is 1.63. The Hall–Kier alpha value is -3.35. The summed E-state index contributed by atoms with van der Waals surface area (Å²) in [5.74, 6) is 0.143. The molecule has 0 spiro atoms. The number of pyridine rings is 1. The van der Waals surface area contributed by atoms with Crippen molar-refractivity contribution >= 4 is 23.0 Å². The summed E-state index contributed by atoms with van der Waals surface area (Å²) in [5.41, 5.74) is 6.97. The first kappa shape index (κ1) is 22.4. The second-order valence-corrected chi connectivity index (χ2v) is 10.7. The maximum Gasteiger partial charge on any atom is 0.407 e. The van der Waals surface area contributed by atoms with Crippen LogP contribution in [0.25, 0.3) is 22.2 Å². The highest BCUT2D eigenvalue weighted by Gasteiger charge is 2.35. The van der Waals surface area contributed by atoms with Gasteiger partial charge in [0.1, 0.15) is 5.65 Å². The number of H-pyrrole nitrogens is 1. The van der Waals surface area contributed by atoms with Gasteiger partial charge in [0.05, 0.1) is 6.04 Å². The topological polar surface area (TPSA) is 89.5 Å². The quantitative estimate of drug-likeness (QED) is 0.544. The molecule has 0 radical (unpaired) electrons. The van der Waals surface area contributed by atoms with E-state index in [-0.39, 0.29) is 11.9 Å². The minimum absolute atomic E-state index is 0.143. The molecule has 1 atom stereocenters. The van der Waals surface area contributed by atoms with E-state index < -0.39 is 11.5 Å². The van der Waals surface area contributed by atoms with Crippen LogP contribution in [0.1, 0.15) is 61.9 Å². The van der Waals surface area contributed by atoms with Gasteiger partial charge < -0.3 is 19.9 Å². The Labute approximate surface area is 199 Å². The summed E-state index contributed by atoms with van der Waals surface area (Å²) in [5, 5.41) is 10.9. The fraction of sp³-hybridized carbons (Fsp3) is 0.444. The van der Waals surface area contributed by atoms with Crippen LogP contribution in [-0.2, 0) is 17.8 Å². The number of rotatable bonds is 2. The van der Waals surface area contributed by atoms with Crippen molar-refractivity contribution in [2.45, 2.75) is 59.5 Å². The zero-order valence-corrected chi connectivity index (χ0v) is 20.3. The Kier molecular flexibility index (Phi) is 5.38. The van der Waals surface area contributed by atoms with E-state index in [1.165, 1.54) is 5.56 Å². The third kappa shape index (κ3) is 3.83. The Morgan fingerprint density at radius 1 is 1.15 bits per heavy atom. The van der Waals surface area contributed by atoms with Crippen LogP contribution >= 0.6 is 0 Å². The molecule has 2 N–H and O–H groups in total. The first-order valence-electron chi connectivity index (χ1n) is 12.0. The van der Waals surface area contributed by atoms with Crippen LogP contribution in [0.4, 0.5) is 4.79 Å². The number of nitrogens with zero attached hydrogens (tertiary/aromatic N) is 3. The van der Waals surface area contributed by atoms with Gasteiger partial charge in [0.2, 0.25) is 5.91 Å². The monoisotopic (exact) mass is 460 g/mol. The first-order chi connectivity index (χ1) is 16.1. The predicted molar refractivity (Wildman–Crippen MR) is 132 cm³/mol. The van der Waals surface area contributed by atoms with Crippen molar-refractivity contribution in [2.24, 2.45) is 5.41 Å². The summed E-state index contributed by atoms with van der Waals surface area (Å²) in [6, 6.07) is 6.33. The molecule has 178 valence electrons. The summed E-state index contributed by atoms with van der Waals surface area (Å²) in [4.78, 5) is 36.3. The van der Waals surface area contributed by atoms with E-state index in [1.807, 2.05) is 38.1 Å². The van der Waals surface area contributed by atoms with Crippen LogP contribution in [0.3, 0.4) is 0 Å². The van der Waals surface area contributed by atoms with Crippen molar-refractivity contribution in [3.63, 3.8) is 0 Å². The molecule has 2 aliphatic heterocycles. The van der Waals surface area contributed by atoms with E-state index in [9.17, 15) is 14.7 Å². The number of aromatic nitrogens is 2. The third-order valence-electron chi connectivity index (χ3n) is 7.23.